The van der Waals surface area contributed by atoms with Crippen molar-refractivity contribution in [2.24, 2.45) is 9.98 Å². The molecule has 0 amide bonds. The smallest absolute Gasteiger partial charge is 0.0886 e. The molecule has 5 aromatic rings. The quantitative estimate of drug-likeness (QED) is 0.182. The maximum atomic E-state index is 4.69. The molecule has 2 heteroatoms. The standard InChI is InChI=1S/C36H24N2/c1-3-9-29(10-4-1)15-17-31-19-23-33(24-20-31)27-37-35-13-7-8-14-36(35)38-28-34-25-21-32(22-26-34)18-16-30-11-5-2-6-12-30/h1-14,19-28H. The van der Waals surface area contributed by atoms with E-state index in [2.05, 4.69) is 33.7 Å². The van der Waals surface area contributed by atoms with Gasteiger partial charge in [0, 0.05) is 34.7 Å². The summed E-state index contributed by atoms with van der Waals surface area (Å²) < 4.78 is 0. The van der Waals surface area contributed by atoms with Gasteiger partial charge >= 0.3 is 0 Å². The number of para-hydroxylation sites is 2. The normalized spacial score (nSPS) is 10.5. The second kappa shape index (κ2) is 12.5. The summed E-state index contributed by atoms with van der Waals surface area (Å²) in [7, 11) is 0. The summed E-state index contributed by atoms with van der Waals surface area (Å²) in [6, 6.07) is 43.9. The van der Waals surface area contributed by atoms with Crippen molar-refractivity contribution >= 4 is 23.8 Å². The molecule has 0 atom stereocenters. The first-order valence-corrected chi connectivity index (χ1v) is 12.3. The van der Waals surface area contributed by atoms with Crippen LogP contribution in [-0.4, -0.2) is 12.4 Å². The second-order valence-corrected chi connectivity index (χ2v) is 8.48. The fourth-order valence-corrected chi connectivity index (χ4v) is 3.61. The third-order valence-electron chi connectivity index (χ3n) is 5.66. The lowest BCUT2D eigenvalue weighted by molar-refractivity contribution is 1.45. The molecule has 0 N–H and O–H groups in total. The lowest BCUT2D eigenvalue weighted by Crippen LogP contribution is -1.83. The summed E-state index contributed by atoms with van der Waals surface area (Å²) in [5, 5.41) is 0. The Hall–Kier alpha value is -5.44. The van der Waals surface area contributed by atoms with Crippen molar-refractivity contribution < 1.29 is 0 Å². The van der Waals surface area contributed by atoms with Crippen LogP contribution in [0.25, 0.3) is 0 Å². The van der Waals surface area contributed by atoms with Gasteiger partial charge in [-0.1, -0.05) is 96.5 Å². The van der Waals surface area contributed by atoms with E-state index in [0.717, 1.165) is 44.8 Å². The summed E-state index contributed by atoms with van der Waals surface area (Å²) in [5.41, 5.74) is 7.55. The van der Waals surface area contributed by atoms with E-state index in [-0.39, 0.29) is 0 Å². The van der Waals surface area contributed by atoms with E-state index in [1.807, 2.05) is 146 Å². The highest BCUT2D eigenvalue weighted by molar-refractivity contribution is 5.87. The molecule has 0 heterocycles. The molecule has 0 aliphatic rings. The maximum absolute atomic E-state index is 4.69. The Morgan fingerprint density at radius 2 is 0.658 bits per heavy atom. The van der Waals surface area contributed by atoms with Crippen molar-refractivity contribution in [3.63, 3.8) is 0 Å². The monoisotopic (exact) mass is 484 g/mol. The largest absolute Gasteiger partial charge is 0.254 e. The van der Waals surface area contributed by atoms with Crippen LogP contribution >= 0.6 is 0 Å². The van der Waals surface area contributed by atoms with Crippen LogP contribution in [0.2, 0.25) is 0 Å². The Labute approximate surface area is 224 Å². The van der Waals surface area contributed by atoms with Gasteiger partial charge in [0.15, 0.2) is 0 Å². The first-order valence-electron chi connectivity index (χ1n) is 12.3. The number of aliphatic imine (C=N–C) groups is 2. The van der Waals surface area contributed by atoms with Gasteiger partial charge in [-0.15, -0.1) is 0 Å². The summed E-state index contributed by atoms with van der Waals surface area (Å²) in [6.45, 7) is 0. The van der Waals surface area contributed by atoms with Crippen molar-refractivity contribution in [3.8, 4) is 23.7 Å². The van der Waals surface area contributed by atoms with Crippen LogP contribution in [0.5, 0.6) is 0 Å². The first-order chi connectivity index (χ1) is 18.8. The van der Waals surface area contributed by atoms with Gasteiger partial charge in [-0.3, -0.25) is 9.98 Å². The Morgan fingerprint density at radius 3 is 1.03 bits per heavy atom. The molecule has 2 nitrogen and oxygen atoms in total. The molecule has 0 aliphatic carbocycles. The van der Waals surface area contributed by atoms with E-state index in [1.165, 1.54) is 0 Å². The minimum atomic E-state index is 0.807. The highest BCUT2D eigenvalue weighted by atomic mass is 14.8. The first kappa shape index (κ1) is 24.3. The molecule has 0 fully saturated rings. The van der Waals surface area contributed by atoms with Crippen LogP contribution < -0.4 is 0 Å². The molecule has 0 bridgehead atoms. The van der Waals surface area contributed by atoms with Gasteiger partial charge in [0.25, 0.3) is 0 Å². The molecule has 0 saturated carbocycles. The second-order valence-electron chi connectivity index (χ2n) is 8.48. The highest BCUT2D eigenvalue weighted by Gasteiger charge is 1.98. The number of benzene rings is 5. The van der Waals surface area contributed by atoms with Crippen LogP contribution in [0, 0.1) is 23.7 Å². The molecular weight excluding hydrogens is 460 g/mol. The average Bonchev–Trinajstić information content (AvgIpc) is 2.99. The summed E-state index contributed by atoms with van der Waals surface area (Å²) in [4.78, 5) is 9.37. The molecule has 0 unspecified atom stereocenters. The lowest BCUT2D eigenvalue weighted by Gasteiger charge is -2.00. The van der Waals surface area contributed by atoms with Crippen LogP contribution in [0.3, 0.4) is 0 Å². The van der Waals surface area contributed by atoms with Gasteiger partial charge < -0.3 is 0 Å². The van der Waals surface area contributed by atoms with Crippen molar-refractivity contribution in [1.82, 2.24) is 0 Å². The van der Waals surface area contributed by atoms with Crippen LogP contribution in [0.4, 0.5) is 11.4 Å². The van der Waals surface area contributed by atoms with Gasteiger partial charge in [0.05, 0.1) is 11.4 Å². The topological polar surface area (TPSA) is 24.7 Å². The van der Waals surface area contributed by atoms with Crippen LogP contribution in [-0.2, 0) is 0 Å². The van der Waals surface area contributed by atoms with Crippen molar-refractivity contribution in [1.29, 1.82) is 0 Å². The molecule has 0 spiro atoms. The third-order valence-corrected chi connectivity index (χ3v) is 5.66. The number of hydrogen-bond acceptors (Lipinski definition) is 2. The van der Waals surface area contributed by atoms with Gasteiger partial charge in [-0.05, 0) is 71.8 Å². The van der Waals surface area contributed by atoms with Gasteiger partial charge in [0.2, 0.25) is 0 Å². The summed E-state index contributed by atoms with van der Waals surface area (Å²) in [5.74, 6) is 12.8. The molecule has 0 saturated heterocycles. The van der Waals surface area contributed by atoms with Crippen LogP contribution in [0.15, 0.2) is 143 Å². The molecule has 38 heavy (non-hydrogen) atoms. The van der Waals surface area contributed by atoms with E-state index in [9.17, 15) is 0 Å². The molecular formula is C36H24N2. The summed E-state index contributed by atoms with van der Waals surface area (Å²) >= 11 is 0. The Kier molecular flexibility index (Phi) is 7.98. The van der Waals surface area contributed by atoms with Crippen molar-refractivity contribution in [2.75, 3.05) is 0 Å². The predicted octanol–water partition coefficient (Wildman–Crippen LogP) is 7.99. The zero-order valence-corrected chi connectivity index (χ0v) is 20.8. The summed E-state index contributed by atoms with van der Waals surface area (Å²) in [6.07, 6.45) is 3.70. The Balaban J connectivity index is 1.25. The number of hydrogen-bond donors (Lipinski definition) is 0. The highest BCUT2D eigenvalue weighted by Crippen LogP contribution is 2.27. The molecule has 5 rings (SSSR count). The molecule has 0 aliphatic heterocycles. The number of rotatable bonds is 4. The van der Waals surface area contributed by atoms with Gasteiger partial charge in [-0.2, -0.15) is 0 Å². The molecule has 178 valence electrons. The average molecular weight is 485 g/mol. The Morgan fingerprint density at radius 1 is 0.342 bits per heavy atom. The molecule has 0 aromatic heterocycles. The van der Waals surface area contributed by atoms with Crippen LogP contribution in [0.1, 0.15) is 33.4 Å². The molecule has 5 aromatic carbocycles. The van der Waals surface area contributed by atoms with E-state index in [0.29, 0.717) is 0 Å². The van der Waals surface area contributed by atoms with E-state index in [4.69, 9.17) is 0 Å². The van der Waals surface area contributed by atoms with E-state index < -0.39 is 0 Å². The van der Waals surface area contributed by atoms with Gasteiger partial charge in [0.1, 0.15) is 0 Å². The number of nitrogens with zero attached hydrogens (tertiary/aromatic N) is 2. The van der Waals surface area contributed by atoms with Crippen molar-refractivity contribution in [2.45, 2.75) is 0 Å². The SMILES string of the molecule is C(#Cc1ccc(C=Nc2ccccc2N=Cc2ccc(C#Cc3ccccc3)cc2)cc1)c1ccccc1. The van der Waals surface area contributed by atoms with Crippen molar-refractivity contribution in [3.05, 3.63) is 167 Å². The maximum Gasteiger partial charge on any atom is 0.0886 e. The third kappa shape index (κ3) is 7.05. The van der Waals surface area contributed by atoms with Gasteiger partial charge in [-0.25, -0.2) is 0 Å². The van der Waals surface area contributed by atoms with E-state index in [1.54, 1.807) is 0 Å². The fourth-order valence-electron chi connectivity index (χ4n) is 3.61. The minimum Gasteiger partial charge on any atom is -0.254 e. The zero-order chi connectivity index (χ0) is 25.8. The fraction of sp³-hybridized carbons (Fsp3) is 0. The molecule has 0 radical (unpaired) electrons. The Bertz CT molecular complexity index is 1540. The lowest BCUT2D eigenvalue weighted by atomic mass is 10.1. The van der Waals surface area contributed by atoms with E-state index >= 15 is 0 Å². The zero-order valence-electron chi connectivity index (χ0n) is 20.8. The predicted molar refractivity (Wildman–Crippen MR) is 159 cm³/mol. The minimum absolute atomic E-state index is 0.807.